The number of anilines is 1. The summed E-state index contributed by atoms with van der Waals surface area (Å²) in [7, 11) is 1.55. The molecule has 1 aliphatic heterocycles. The number of carboxylic acids is 1. The van der Waals surface area contributed by atoms with Gasteiger partial charge in [0.2, 0.25) is 5.91 Å². The van der Waals surface area contributed by atoms with Crippen LogP contribution in [0.15, 0.2) is 36.4 Å². The lowest BCUT2D eigenvalue weighted by atomic mass is 9.83. The minimum Gasteiger partial charge on any atom is -0.496 e. The average Bonchev–Trinajstić information content (AvgIpc) is 3.06. The van der Waals surface area contributed by atoms with E-state index < -0.39 is 23.3 Å². The van der Waals surface area contributed by atoms with Gasteiger partial charge in [-0.2, -0.15) is 0 Å². The number of aromatic carboxylic acids is 1. The van der Waals surface area contributed by atoms with Gasteiger partial charge in [-0.25, -0.2) is 4.79 Å². The number of primary amides is 1. The minimum atomic E-state index is -1.37. The molecule has 2 amide bonds. The van der Waals surface area contributed by atoms with Crippen LogP contribution in [0, 0.1) is 5.92 Å². The minimum absolute atomic E-state index is 0.0354. The zero-order valence-electron chi connectivity index (χ0n) is 20.1. The fourth-order valence-corrected chi connectivity index (χ4v) is 4.79. The Morgan fingerprint density at radius 2 is 1.85 bits per heavy atom. The number of carbonyl (C=O) groups excluding carboxylic acids is 2. The van der Waals surface area contributed by atoms with Gasteiger partial charge in [0.05, 0.1) is 12.7 Å². The normalized spacial score (nSPS) is 17.7. The fourth-order valence-electron chi connectivity index (χ4n) is 4.79. The Hall–Kier alpha value is -3.35. The number of carbonyl (C=O) groups is 3. The number of nitrogens with zero attached hydrogens (tertiary/aromatic N) is 1. The third-order valence-electron chi connectivity index (χ3n) is 6.18. The number of rotatable bonds is 6. The first-order chi connectivity index (χ1) is 15.3. The lowest BCUT2D eigenvalue weighted by Crippen LogP contribution is -2.59. The summed E-state index contributed by atoms with van der Waals surface area (Å²) < 4.78 is 5.57. The van der Waals surface area contributed by atoms with Crippen molar-refractivity contribution in [3.8, 4) is 5.75 Å². The molecule has 2 aromatic carbocycles. The molecular weight excluding hydrogens is 420 g/mol. The maximum atomic E-state index is 13.9. The first kappa shape index (κ1) is 24.3. The molecule has 3 rings (SSSR count). The molecule has 7 heteroatoms. The summed E-state index contributed by atoms with van der Waals surface area (Å²) in [6.45, 7) is 10.0. The van der Waals surface area contributed by atoms with Crippen LogP contribution in [0.25, 0.3) is 0 Å². The van der Waals surface area contributed by atoms with Crippen LogP contribution >= 0.6 is 0 Å². The van der Waals surface area contributed by atoms with Gasteiger partial charge in [0.15, 0.2) is 0 Å². The second kappa shape index (κ2) is 8.54. The van der Waals surface area contributed by atoms with E-state index in [1.54, 1.807) is 31.4 Å². The van der Waals surface area contributed by atoms with Crippen molar-refractivity contribution in [2.75, 3.05) is 12.0 Å². The van der Waals surface area contributed by atoms with Crippen LogP contribution in [0.3, 0.4) is 0 Å². The third-order valence-corrected chi connectivity index (χ3v) is 6.18. The maximum absolute atomic E-state index is 13.9. The van der Waals surface area contributed by atoms with Gasteiger partial charge in [-0.3, -0.25) is 14.5 Å². The van der Waals surface area contributed by atoms with Crippen molar-refractivity contribution in [2.45, 2.75) is 58.4 Å². The zero-order chi connectivity index (χ0) is 24.7. The van der Waals surface area contributed by atoms with E-state index in [2.05, 4.69) is 20.8 Å². The molecule has 0 saturated heterocycles. The average molecular weight is 453 g/mol. The van der Waals surface area contributed by atoms with Crippen molar-refractivity contribution >= 4 is 23.5 Å². The van der Waals surface area contributed by atoms with Gasteiger partial charge in [0, 0.05) is 17.7 Å². The van der Waals surface area contributed by atoms with Crippen LogP contribution < -0.4 is 15.4 Å². The molecule has 1 aliphatic rings. The van der Waals surface area contributed by atoms with E-state index in [0.29, 0.717) is 29.0 Å². The van der Waals surface area contributed by atoms with Gasteiger partial charge in [0.1, 0.15) is 11.3 Å². The first-order valence-electron chi connectivity index (χ1n) is 11.0. The second-order valence-electron chi connectivity index (χ2n) is 10.1. The van der Waals surface area contributed by atoms with Crippen LogP contribution in [0.5, 0.6) is 5.75 Å². The van der Waals surface area contributed by atoms with E-state index in [0.717, 1.165) is 5.56 Å². The molecule has 7 nitrogen and oxygen atoms in total. The summed E-state index contributed by atoms with van der Waals surface area (Å²) in [5.41, 5.74) is 6.55. The molecule has 1 unspecified atom stereocenters. The molecule has 0 bridgehead atoms. The Labute approximate surface area is 194 Å². The highest BCUT2D eigenvalue weighted by Gasteiger charge is 2.52. The number of amides is 2. The Kier molecular flexibility index (Phi) is 6.29. The van der Waals surface area contributed by atoms with Crippen molar-refractivity contribution in [3.05, 3.63) is 58.7 Å². The summed E-state index contributed by atoms with van der Waals surface area (Å²) in [6.07, 6.45) is 0.361. The number of carboxylic acid groups (broad SMARTS) is 1. The van der Waals surface area contributed by atoms with Crippen molar-refractivity contribution in [1.29, 1.82) is 0 Å². The Morgan fingerprint density at radius 1 is 1.18 bits per heavy atom. The first-order valence-corrected chi connectivity index (χ1v) is 11.0. The zero-order valence-corrected chi connectivity index (χ0v) is 20.1. The molecule has 3 N–H and O–H groups in total. The van der Waals surface area contributed by atoms with E-state index >= 15 is 0 Å². The molecule has 1 heterocycles. The molecule has 2 aromatic rings. The van der Waals surface area contributed by atoms with Gasteiger partial charge >= 0.3 is 5.97 Å². The van der Waals surface area contributed by atoms with Crippen molar-refractivity contribution in [1.82, 2.24) is 0 Å². The molecule has 0 radical (unpaired) electrons. The summed E-state index contributed by atoms with van der Waals surface area (Å²) in [6, 6.07) is 9.97. The van der Waals surface area contributed by atoms with Crippen LogP contribution in [0.4, 0.5) is 5.69 Å². The fraction of sp³-hybridized carbons (Fsp3) is 0.423. The molecule has 0 spiro atoms. The quantitative estimate of drug-likeness (QED) is 0.684. The highest BCUT2D eigenvalue weighted by Crippen LogP contribution is 2.45. The van der Waals surface area contributed by atoms with Gasteiger partial charge in [-0.05, 0) is 53.1 Å². The van der Waals surface area contributed by atoms with Gasteiger partial charge in [-0.1, -0.05) is 46.8 Å². The number of nitrogens with two attached hydrogens (primary N) is 1. The topological polar surface area (TPSA) is 110 Å². The Balaban J connectivity index is 2.23. The summed E-state index contributed by atoms with van der Waals surface area (Å²) in [4.78, 5) is 40.2. The Morgan fingerprint density at radius 3 is 2.36 bits per heavy atom. The van der Waals surface area contributed by atoms with E-state index in [1.165, 1.54) is 11.0 Å². The molecule has 1 atom stereocenters. The second-order valence-corrected chi connectivity index (χ2v) is 10.1. The van der Waals surface area contributed by atoms with E-state index in [4.69, 9.17) is 10.5 Å². The largest absolute Gasteiger partial charge is 0.496 e. The predicted molar refractivity (Wildman–Crippen MR) is 127 cm³/mol. The van der Waals surface area contributed by atoms with Crippen molar-refractivity contribution < 1.29 is 24.2 Å². The molecule has 0 aromatic heterocycles. The maximum Gasteiger partial charge on any atom is 0.336 e. The van der Waals surface area contributed by atoms with Crippen LogP contribution in [0.1, 0.15) is 72.9 Å². The molecule has 0 fully saturated rings. The van der Waals surface area contributed by atoms with Gasteiger partial charge in [-0.15, -0.1) is 0 Å². The highest BCUT2D eigenvalue weighted by molar-refractivity contribution is 6.14. The summed E-state index contributed by atoms with van der Waals surface area (Å²) >= 11 is 0. The van der Waals surface area contributed by atoms with E-state index in [1.807, 2.05) is 19.9 Å². The van der Waals surface area contributed by atoms with Gasteiger partial charge < -0.3 is 15.6 Å². The SMILES string of the molecule is COc1cc(C(=O)N2c3cccc(C(=O)O)c3CC2(CC(C)C)C(N)=O)ccc1C(C)(C)C. The number of methoxy groups -OCH3 is 1. The summed E-state index contributed by atoms with van der Waals surface area (Å²) in [5, 5.41) is 9.72. The van der Waals surface area contributed by atoms with Gasteiger partial charge in [0.25, 0.3) is 5.91 Å². The predicted octanol–water partition coefficient (Wildman–Crippen LogP) is 4.16. The lowest BCUT2D eigenvalue weighted by molar-refractivity contribution is -0.123. The molecule has 0 saturated carbocycles. The molecule has 176 valence electrons. The number of hydrogen-bond acceptors (Lipinski definition) is 4. The van der Waals surface area contributed by atoms with E-state index in [-0.39, 0.29) is 23.3 Å². The number of fused-ring (bicyclic) bond motifs is 1. The van der Waals surface area contributed by atoms with Crippen LogP contribution in [0.2, 0.25) is 0 Å². The molecule has 0 aliphatic carbocycles. The smallest absolute Gasteiger partial charge is 0.336 e. The Bertz CT molecular complexity index is 1120. The standard InChI is InChI=1S/C26H32N2O5/c1-15(2)13-26(24(27)32)14-18-17(23(30)31)8-7-9-20(18)28(26)22(29)16-10-11-19(25(3,4)5)21(12-16)33-6/h7-12,15H,13-14H2,1-6H3,(H2,27,32)(H,30,31). The van der Waals surface area contributed by atoms with Crippen molar-refractivity contribution in [3.63, 3.8) is 0 Å². The summed E-state index contributed by atoms with van der Waals surface area (Å²) in [5.74, 6) is -1.58. The van der Waals surface area contributed by atoms with Crippen LogP contribution in [-0.2, 0) is 16.6 Å². The molecule has 33 heavy (non-hydrogen) atoms. The molecular formula is C26H32N2O5. The third kappa shape index (κ3) is 4.19. The van der Waals surface area contributed by atoms with Crippen molar-refractivity contribution in [2.24, 2.45) is 11.7 Å². The van der Waals surface area contributed by atoms with Crippen LogP contribution in [-0.4, -0.2) is 35.5 Å². The monoisotopic (exact) mass is 452 g/mol. The number of hydrogen-bond donors (Lipinski definition) is 2. The number of benzene rings is 2. The number of ether oxygens (including phenoxy) is 1. The highest BCUT2D eigenvalue weighted by atomic mass is 16.5. The lowest BCUT2D eigenvalue weighted by Gasteiger charge is -2.37. The van der Waals surface area contributed by atoms with E-state index in [9.17, 15) is 19.5 Å².